The van der Waals surface area contributed by atoms with Gasteiger partial charge in [0.05, 0.1) is 34.9 Å². The molecule has 0 spiro atoms. The first-order valence-corrected chi connectivity index (χ1v) is 11.1. The van der Waals surface area contributed by atoms with Crippen LogP contribution in [0.15, 0.2) is 36.5 Å². The van der Waals surface area contributed by atoms with Crippen LogP contribution in [0.3, 0.4) is 0 Å². The van der Waals surface area contributed by atoms with Gasteiger partial charge in [-0.2, -0.15) is 5.10 Å². The van der Waals surface area contributed by atoms with Crippen molar-refractivity contribution in [3.05, 3.63) is 47.8 Å². The fourth-order valence-electron chi connectivity index (χ4n) is 4.84. The summed E-state index contributed by atoms with van der Waals surface area (Å²) in [6.45, 7) is 6.49. The summed E-state index contributed by atoms with van der Waals surface area (Å²) in [5.74, 6) is -0.0620. The maximum atomic E-state index is 13.1. The van der Waals surface area contributed by atoms with Crippen molar-refractivity contribution in [1.82, 2.24) is 14.8 Å². The molecule has 174 valence electrons. The Morgan fingerprint density at radius 1 is 1.27 bits per heavy atom. The van der Waals surface area contributed by atoms with Crippen LogP contribution in [-0.2, 0) is 10.3 Å². The lowest BCUT2D eigenvalue weighted by Crippen LogP contribution is -2.33. The number of alkyl halides is 2. The molecular formula is C24H26F2N4O3. The van der Waals surface area contributed by atoms with Crippen LogP contribution < -0.4 is 10.1 Å². The summed E-state index contributed by atoms with van der Waals surface area (Å²) < 4.78 is 39.9. The van der Waals surface area contributed by atoms with E-state index in [4.69, 9.17) is 14.6 Å². The second-order valence-electron chi connectivity index (χ2n) is 9.49. The van der Waals surface area contributed by atoms with Gasteiger partial charge in [0, 0.05) is 24.1 Å². The van der Waals surface area contributed by atoms with Crippen molar-refractivity contribution in [3.8, 4) is 5.75 Å². The van der Waals surface area contributed by atoms with Gasteiger partial charge in [0.25, 0.3) is 12.3 Å². The molecule has 1 aliphatic carbocycles. The number of anilines is 1. The SMILES string of the molecule is CC(C)Oc1cc2nn([C@]34CC[C@](C)(C3)OC4)cc2cc1C(=O)Nc1cccc(C(F)F)n1. The molecule has 7 nitrogen and oxygen atoms in total. The largest absolute Gasteiger partial charge is 0.490 e. The van der Waals surface area contributed by atoms with Crippen molar-refractivity contribution in [2.24, 2.45) is 0 Å². The molecule has 1 N–H and O–H groups in total. The number of nitrogens with one attached hydrogen (secondary N) is 1. The van der Waals surface area contributed by atoms with Crippen molar-refractivity contribution in [3.63, 3.8) is 0 Å². The first-order valence-electron chi connectivity index (χ1n) is 11.1. The summed E-state index contributed by atoms with van der Waals surface area (Å²) in [6.07, 6.45) is 1.94. The molecule has 2 atom stereocenters. The smallest absolute Gasteiger partial charge is 0.280 e. The lowest BCUT2D eigenvalue weighted by Gasteiger charge is -2.26. The summed E-state index contributed by atoms with van der Waals surface area (Å²) in [7, 11) is 0. The molecule has 0 unspecified atom stereocenters. The Bertz CT molecular complexity index is 1220. The minimum atomic E-state index is -2.72. The molecule has 2 bridgehead atoms. The van der Waals surface area contributed by atoms with Gasteiger partial charge in [0.1, 0.15) is 17.3 Å². The van der Waals surface area contributed by atoms with Gasteiger partial charge in [-0.3, -0.25) is 9.48 Å². The predicted molar refractivity (Wildman–Crippen MR) is 119 cm³/mol. The van der Waals surface area contributed by atoms with E-state index in [-0.39, 0.29) is 28.6 Å². The highest BCUT2D eigenvalue weighted by Gasteiger charge is 2.54. The summed E-state index contributed by atoms with van der Waals surface area (Å²) in [4.78, 5) is 16.9. The molecule has 0 radical (unpaired) electrons. The third-order valence-electron chi connectivity index (χ3n) is 6.45. The van der Waals surface area contributed by atoms with E-state index in [1.807, 2.05) is 24.7 Å². The number of benzene rings is 1. The number of carbonyl (C=O) groups excluding carboxylic acids is 1. The van der Waals surface area contributed by atoms with E-state index < -0.39 is 18.0 Å². The zero-order valence-corrected chi connectivity index (χ0v) is 18.8. The average Bonchev–Trinajstić information content (AvgIpc) is 3.43. The van der Waals surface area contributed by atoms with Crippen molar-refractivity contribution >= 4 is 22.6 Å². The van der Waals surface area contributed by atoms with E-state index in [0.717, 1.165) is 30.2 Å². The molecule has 1 aliphatic heterocycles. The first-order chi connectivity index (χ1) is 15.7. The number of hydrogen-bond acceptors (Lipinski definition) is 5. The van der Waals surface area contributed by atoms with E-state index in [1.54, 1.807) is 12.1 Å². The van der Waals surface area contributed by atoms with Crippen LogP contribution in [0.4, 0.5) is 14.6 Å². The van der Waals surface area contributed by atoms with Gasteiger partial charge in [0.2, 0.25) is 0 Å². The molecule has 5 rings (SSSR count). The fraction of sp³-hybridized carbons (Fsp3) is 0.458. The van der Waals surface area contributed by atoms with Crippen LogP contribution in [0.25, 0.3) is 10.9 Å². The molecule has 9 heteroatoms. The van der Waals surface area contributed by atoms with Crippen LogP contribution in [0.2, 0.25) is 0 Å². The second-order valence-corrected chi connectivity index (χ2v) is 9.49. The van der Waals surface area contributed by atoms with Crippen LogP contribution >= 0.6 is 0 Å². The topological polar surface area (TPSA) is 78.3 Å². The van der Waals surface area contributed by atoms with E-state index in [9.17, 15) is 13.6 Å². The van der Waals surface area contributed by atoms with Gasteiger partial charge in [-0.1, -0.05) is 6.07 Å². The number of rotatable bonds is 6. The van der Waals surface area contributed by atoms with Gasteiger partial charge in [0.15, 0.2) is 0 Å². The number of fused-ring (bicyclic) bond motifs is 3. The normalized spacial score (nSPS) is 24.2. The minimum absolute atomic E-state index is 0.0522. The molecule has 2 aliphatic rings. The van der Waals surface area contributed by atoms with E-state index in [2.05, 4.69) is 17.2 Å². The summed E-state index contributed by atoms with van der Waals surface area (Å²) in [6, 6.07) is 7.60. The van der Waals surface area contributed by atoms with E-state index in [0.29, 0.717) is 12.4 Å². The first kappa shape index (κ1) is 21.8. The molecule has 2 aromatic heterocycles. The number of nitrogens with zero attached hydrogens (tertiary/aromatic N) is 3. The van der Waals surface area contributed by atoms with Gasteiger partial charge in [-0.25, -0.2) is 13.8 Å². The Kier molecular flexibility index (Phi) is 5.12. The lowest BCUT2D eigenvalue weighted by molar-refractivity contribution is -0.0149. The van der Waals surface area contributed by atoms with Crippen LogP contribution in [0.5, 0.6) is 5.75 Å². The Morgan fingerprint density at radius 2 is 2.09 bits per heavy atom. The number of amides is 1. The van der Waals surface area contributed by atoms with Crippen molar-refractivity contribution < 1.29 is 23.0 Å². The highest BCUT2D eigenvalue weighted by molar-refractivity contribution is 6.08. The molecule has 33 heavy (non-hydrogen) atoms. The van der Waals surface area contributed by atoms with E-state index >= 15 is 0 Å². The zero-order chi connectivity index (χ0) is 23.4. The minimum Gasteiger partial charge on any atom is -0.490 e. The number of carbonyl (C=O) groups is 1. The van der Waals surface area contributed by atoms with E-state index in [1.165, 1.54) is 18.2 Å². The number of aromatic nitrogens is 3. The van der Waals surface area contributed by atoms with Crippen LogP contribution in [0, 0.1) is 0 Å². The standard InChI is InChI=1S/C24H26F2N4O3/c1-14(2)33-19-10-18-15(11-30(29-18)24-8-7-23(3,12-24)32-13-24)9-16(19)22(31)28-20-6-4-5-17(27-20)21(25)26/h4-6,9-11,14,21H,7-8,12-13H2,1-3H3,(H,27,28,31)/t23-,24-/m1/s1. The maximum absolute atomic E-state index is 13.1. The molecular weight excluding hydrogens is 430 g/mol. The second kappa shape index (κ2) is 7.76. The van der Waals surface area contributed by atoms with Crippen LogP contribution in [-0.4, -0.2) is 39.0 Å². The highest BCUT2D eigenvalue weighted by Crippen LogP contribution is 2.51. The fourth-order valence-corrected chi connectivity index (χ4v) is 4.84. The Morgan fingerprint density at radius 3 is 2.73 bits per heavy atom. The summed E-state index contributed by atoms with van der Waals surface area (Å²) >= 11 is 0. The highest BCUT2D eigenvalue weighted by atomic mass is 19.3. The molecule has 1 amide bonds. The lowest BCUT2D eigenvalue weighted by atomic mass is 9.99. The Hall–Kier alpha value is -3.07. The number of hydrogen-bond donors (Lipinski definition) is 1. The molecule has 1 saturated carbocycles. The monoisotopic (exact) mass is 456 g/mol. The third-order valence-corrected chi connectivity index (χ3v) is 6.45. The van der Waals surface area contributed by atoms with Gasteiger partial charge < -0.3 is 14.8 Å². The van der Waals surface area contributed by atoms with Gasteiger partial charge in [-0.05, 0) is 51.8 Å². The van der Waals surface area contributed by atoms with Crippen molar-refractivity contribution in [1.29, 1.82) is 0 Å². The molecule has 1 aromatic carbocycles. The maximum Gasteiger partial charge on any atom is 0.280 e. The molecule has 3 heterocycles. The Balaban J connectivity index is 1.50. The predicted octanol–water partition coefficient (Wildman–Crippen LogP) is 5.08. The third kappa shape index (κ3) is 3.94. The van der Waals surface area contributed by atoms with Crippen molar-refractivity contribution in [2.45, 2.75) is 63.7 Å². The number of ether oxygens (including phenoxy) is 2. The quantitative estimate of drug-likeness (QED) is 0.560. The summed E-state index contributed by atoms with van der Waals surface area (Å²) in [5, 5.41) is 8.21. The zero-order valence-electron chi connectivity index (χ0n) is 18.8. The van der Waals surface area contributed by atoms with Crippen molar-refractivity contribution in [2.75, 3.05) is 11.9 Å². The Labute approximate surface area is 190 Å². The number of pyridine rings is 1. The van der Waals surface area contributed by atoms with Crippen LogP contribution in [0.1, 0.15) is 62.5 Å². The number of halogens is 2. The molecule has 3 aromatic rings. The van der Waals surface area contributed by atoms with Gasteiger partial charge >= 0.3 is 0 Å². The molecule has 2 fully saturated rings. The average molecular weight is 456 g/mol. The summed E-state index contributed by atoms with van der Waals surface area (Å²) in [5.41, 5.74) is 0.333. The molecule has 1 saturated heterocycles. The van der Waals surface area contributed by atoms with Gasteiger partial charge in [-0.15, -0.1) is 0 Å².